The summed E-state index contributed by atoms with van der Waals surface area (Å²) in [6.45, 7) is 0. The predicted molar refractivity (Wildman–Crippen MR) is 102 cm³/mol. The van der Waals surface area contributed by atoms with Crippen LogP contribution in [0.25, 0.3) is 31.8 Å². The van der Waals surface area contributed by atoms with Crippen molar-refractivity contribution in [2.75, 3.05) is 19.0 Å². The van der Waals surface area contributed by atoms with Gasteiger partial charge in [0.2, 0.25) is 0 Å². The average molecular weight is 366 g/mol. The van der Waals surface area contributed by atoms with Gasteiger partial charge in [0.05, 0.1) is 21.3 Å². The molecule has 0 aliphatic carbocycles. The molecule has 0 aliphatic rings. The summed E-state index contributed by atoms with van der Waals surface area (Å²) < 4.78 is 6.30. The van der Waals surface area contributed by atoms with Crippen LogP contribution in [0.2, 0.25) is 0 Å². The van der Waals surface area contributed by atoms with Gasteiger partial charge in [0.15, 0.2) is 0 Å². The Labute approximate surface area is 151 Å². The molecule has 0 bridgehead atoms. The zero-order chi connectivity index (χ0) is 18.4. The number of nitrogens with zero attached hydrogens (tertiary/aromatic N) is 2. The highest BCUT2D eigenvalue weighted by Crippen LogP contribution is 2.31. The summed E-state index contributed by atoms with van der Waals surface area (Å²) in [6.07, 6.45) is 0. The van der Waals surface area contributed by atoms with Gasteiger partial charge in [-0.1, -0.05) is 0 Å². The van der Waals surface area contributed by atoms with E-state index in [0.29, 0.717) is 21.7 Å². The molecule has 2 heterocycles. The van der Waals surface area contributed by atoms with Crippen LogP contribution >= 0.6 is 11.3 Å². The van der Waals surface area contributed by atoms with E-state index in [1.54, 1.807) is 12.1 Å². The molecule has 0 spiro atoms. The monoisotopic (exact) mass is 366 g/mol. The third-order valence-corrected chi connectivity index (χ3v) is 5.17. The molecule has 0 saturated heterocycles. The van der Waals surface area contributed by atoms with Crippen molar-refractivity contribution in [3.8, 4) is 10.6 Å². The van der Waals surface area contributed by atoms with Gasteiger partial charge in [-0.3, -0.25) is 0 Å². The van der Waals surface area contributed by atoms with Crippen molar-refractivity contribution in [1.29, 1.82) is 0 Å². The lowest BCUT2D eigenvalue weighted by Crippen LogP contribution is -2.08. The third-order valence-electron chi connectivity index (χ3n) is 4.10. The predicted octanol–water partition coefficient (Wildman–Crippen LogP) is 3.83. The zero-order valence-electron chi connectivity index (χ0n) is 14.0. The molecular formula is C19H14N2O4S. The van der Waals surface area contributed by atoms with E-state index < -0.39 is 11.6 Å². The number of hydrogen-bond donors (Lipinski definition) is 1. The van der Waals surface area contributed by atoms with E-state index in [9.17, 15) is 9.59 Å². The summed E-state index contributed by atoms with van der Waals surface area (Å²) in [7, 11) is 3.83. The van der Waals surface area contributed by atoms with Gasteiger partial charge >= 0.3 is 11.6 Å². The van der Waals surface area contributed by atoms with Crippen molar-refractivity contribution in [2.24, 2.45) is 0 Å². The Morgan fingerprint density at radius 3 is 2.69 bits per heavy atom. The van der Waals surface area contributed by atoms with Crippen LogP contribution in [-0.2, 0) is 0 Å². The van der Waals surface area contributed by atoms with Crippen LogP contribution in [0.1, 0.15) is 10.4 Å². The number of benzene rings is 2. The molecule has 0 unspecified atom stereocenters. The molecule has 2 aromatic carbocycles. The summed E-state index contributed by atoms with van der Waals surface area (Å²) in [6, 6.07) is 12.2. The van der Waals surface area contributed by atoms with Crippen LogP contribution in [-0.4, -0.2) is 30.2 Å². The zero-order valence-corrected chi connectivity index (χ0v) is 14.8. The van der Waals surface area contributed by atoms with Gasteiger partial charge in [-0.15, -0.1) is 11.3 Å². The van der Waals surface area contributed by atoms with Gasteiger partial charge in [-0.2, -0.15) is 0 Å². The Balaban J connectivity index is 1.86. The Kier molecular flexibility index (Phi) is 3.73. The maximum atomic E-state index is 12.5. The van der Waals surface area contributed by atoms with E-state index in [1.165, 1.54) is 23.5 Å². The number of rotatable bonds is 3. The van der Waals surface area contributed by atoms with Crippen molar-refractivity contribution < 1.29 is 14.3 Å². The van der Waals surface area contributed by atoms with Gasteiger partial charge in [0.1, 0.15) is 10.6 Å². The number of aromatic carboxylic acids is 1. The minimum atomic E-state index is -1.01. The molecule has 0 aliphatic heterocycles. The second-order valence-electron chi connectivity index (χ2n) is 6.07. The van der Waals surface area contributed by atoms with Crippen LogP contribution in [0, 0.1) is 0 Å². The second kappa shape index (κ2) is 5.96. The topological polar surface area (TPSA) is 83.6 Å². The first-order valence-electron chi connectivity index (χ1n) is 7.82. The molecule has 130 valence electrons. The molecule has 0 fully saturated rings. The third kappa shape index (κ3) is 2.72. The lowest BCUT2D eigenvalue weighted by Gasteiger charge is -2.12. The van der Waals surface area contributed by atoms with E-state index >= 15 is 0 Å². The molecule has 6 nitrogen and oxygen atoms in total. The van der Waals surface area contributed by atoms with E-state index in [-0.39, 0.29) is 5.56 Å². The quantitative estimate of drug-likeness (QED) is 0.555. The maximum absolute atomic E-state index is 12.5. The van der Waals surface area contributed by atoms with E-state index in [1.807, 2.05) is 37.2 Å². The number of carbonyl (C=O) groups is 1. The summed E-state index contributed by atoms with van der Waals surface area (Å²) in [5.41, 5.74) is 2.07. The SMILES string of the molecule is CN(C)c1ccc2cc(-c3nc4cc(C(=O)O)ccc4s3)c(=O)oc2c1. The fourth-order valence-electron chi connectivity index (χ4n) is 2.70. The van der Waals surface area contributed by atoms with Gasteiger partial charge in [0.25, 0.3) is 0 Å². The van der Waals surface area contributed by atoms with Gasteiger partial charge in [-0.25, -0.2) is 14.6 Å². The summed E-state index contributed by atoms with van der Waals surface area (Å²) >= 11 is 1.33. The highest BCUT2D eigenvalue weighted by Gasteiger charge is 2.14. The number of thiazole rings is 1. The summed E-state index contributed by atoms with van der Waals surface area (Å²) in [4.78, 5) is 29.9. The number of carboxylic acids is 1. The molecule has 4 rings (SSSR count). The molecular weight excluding hydrogens is 352 g/mol. The lowest BCUT2D eigenvalue weighted by molar-refractivity contribution is 0.0697. The van der Waals surface area contributed by atoms with Gasteiger partial charge < -0.3 is 14.4 Å². The van der Waals surface area contributed by atoms with Crippen molar-refractivity contribution in [2.45, 2.75) is 0 Å². The summed E-state index contributed by atoms with van der Waals surface area (Å²) in [5.74, 6) is -1.01. The van der Waals surface area contributed by atoms with Crippen LogP contribution in [0.15, 0.2) is 51.7 Å². The van der Waals surface area contributed by atoms with Crippen molar-refractivity contribution in [3.05, 3.63) is 58.4 Å². The lowest BCUT2D eigenvalue weighted by atomic mass is 10.1. The van der Waals surface area contributed by atoms with Crippen molar-refractivity contribution in [3.63, 3.8) is 0 Å². The molecule has 7 heteroatoms. The highest BCUT2D eigenvalue weighted by atomic mass is 32.1. The van der Waals surface area contributed by atoms with E-state index in [0.717, 1.165) is 15.8 Å². The number of hydrogen-bond acceptors (Lipinski definition) is 6. The summed E-state index contributed by atoms with van der Waals surface area (Å²) in [5, 5.41) is 10.4. The standard InChI is InChI=1S/C19H14N2O4S/c1-21(2)12-5-3-10-7-13(19(24)25-15(10)9-12)17-20-14-8-11(18(22)23)4-6-16(14)26-17/h3-9H,1-2H3,(H,22,23). The molecule has 0 atom stereocenters. The van der Waals surface area contributed by atoms with Crippen LogP contribution in [0.5, 0.6) is 0 Å². The molecule has 1 N–H and O–H groups in total. The number of fused-ring (bicyclic) bond motifs is 2. The Morgan fingerprint density at radius 2 is 1.96 bits per heavy atom. The van der Waals surface area contributed by atoms with Crippen molar-refractivity contribution in [1.82, 2.24) is 4.98 Å². The van der Waals surface area contributed by atoms with Crippen LogP contribution in [0.4, 0.5) is 5.69 Å². The molecule has 26 heavy (non-hydrogen) atoms. The van der Waals surface area contributed by atoms with Crippen LogP contribution < -0.4 is 10.5 Å². The minimum absolute atomic E-state index is 0.163. The van der Waals surface area contributed by atoms with Gasteiger partial charge in [0, 0.05) is 31.2 Å². The minimum Gasteiger partial charge on any atom is -0.478 e. The van der Waals surface area contributed by atoms with E-state index in [2.05, 4.69) is 4.98 Å². The number of aromatic nitrogens is 1. The maximum Gasteiger partial charge on any atom is 0.346 e. The number of anilines is 1. The molecule has 2 aromatic heterocycles. The molecule has 4 aromatic rings. The average Bonchev–Trinajstić information content (AvgIpc) is 3.03. The highest BCUT2D eigenvalue weighted by molar-refractivity contribution is 7.21. The molecule has 0 saturated carbocycles. The fraction of sp³-hybridized carbons (Fsp3) is 0.105. The molecule has 0 amide bonds. The van der Waals surface area contributed by atoms with Crippen LogP contribution in [0.3, 0.4) is 0 Å². The van der Waals surface area contributed by atoms with E-state index in [4.69, 9.17) is 9.52 Å². The first kappa shape index (κ1) is 16.3. The smallest absolute Gasteiger partial charge is 0.346 e. The number of carboxylic acid groups (broad SMARTS) is 1. The first-order chi connectivity index (χ1) is 12.4. The van der Waals surface area contributed by atoms with Gasteiger partial charge in [-0.05, 0) is 36.4 Å². The largest absolute Gasteiger partial charge is 0.478 e. The first-order valence-corrected chi connectivity index (χ1v) is 8.63. The Bertz CT molecular complexity index is 1220. The molecule has 0 radical (unpaired) electrons. The normalized spacial score (nSPS) is 11.2. The fourth-order valence-corrected chi connectivity index (χ4v) is 3.65. The Morgan fingerprint density at radius 1 is 1.15 bits per heavy atom. The second-order valence-corrected chi connectivity index (χ2v) is 7.10. The Hall–Kier alpha value is -3.19. The van der Waals surface area contributed by atoms with Crippen molar-refractivity contribution >= 4 is 44.2 Å².